The van der Waals surface area contributed by atoms with Gasteiger partial charge in [-0.05, 0) is 42.4 Å². The molecule has 1 aliphatic carbocycles. The van der Waals surface area contributed by atoms with Gasteiger partial charge in [0.2, 0.25) is 0 Å². The summed E-state index contributed by atoms with van der Waals surface area (Å²) in [5.41, 5.74) is 10.6. The number of unbranched alkanes of at least 4 members (excludes halogenated alkanes) is 2. The summed E-state index contributed by atoms with van der Waals surface area (Å²) in [6.45, 7) is 2.26. The lowest BCUT2D eigenvalue weighted by Gasteiger charge is -2.09. The van der Waals surface area contributed by atoms with Crippen molar-refractivity contribution >= 4 is 0 Å². The Balaban J connectivity index is 2.12. The van der Waals surface area contributed by atoms with E-state index in [4.69, 9.17) is 5.73 Å². The van der Waals surface area contributed by atoms with E-state index in [0.29, 0.717) is 6.04 Å². The van der Waals surface area contributed by atoms with E-state index < -0.39 is 0 Å². The molecule has 82 valence electrons. The quantitative estimate of drug-likeness (QED) is 0.746. The van der Waals surface area contributed by atoms with E-state index in [-0.39, 0.29) is 0 Å². The number of hydrogen-bond acceptors (Lipinski definition) is 1. The number of benzene rings is 1. The molecule has 1 aromatic carbocycles. The van der Waals surface area contributed by atoms with Crippen molar-refractivity contribution in [2.24, 2.45) is 5.73 Å². The monoisotopic (exact) mass is 203 g/mol. The molecular formula is C14H21N. The average Bonchev–Trinajstić information content (AvgIpc) is 2.62. The lowest BCUT2D eigenvalue weighted by atomic mass is 9.98. The third kappa shape index (κ3) is 2.23. The number of rotatable bonds is 4. The molecule has 0 spiro atoms. The van der Waals surface area contributed by atoms with Crippen LogP contribution in [0.15, 0.2) is 18.2 Å². The Morgan fingerprint density at radius 3 is 3.00 bits per heavy atom. The first-order chi connectivity index (χ1) is 7.33. The van der Waals surface area contributed by atoms with Crippen molar-refractivity contribution in [1.29, 1.82) is 0 Å². The molecule has 15 heavy (non-hydrogen) atoms. The Kier molecular flexibility index (Phi) is 3.42. The van der Waals surface area contributed by atoms with E-state index in [9.17, 15) is 0 Å². The standard InChI is InChI=1S/C14H21N/c1-2-3-4-6-11-7-5-8-13-12(11)9-10-14(13)15/h5,7-8,14H,2-4,6,9-10,15H2,1H3. The molecule has 0 radical (unpaired) electrons. The van der Waals surface area contributed by atoms with Gasteiger partial charge in [-0.25, -0.2) is 0 Å². The first kappa shape index (κ1) is 10.7. The molecule has 1 aliphatic rings. The van der Waals surface area contributed by atoms with E-state index in [1.165, 1.54) is 37.7 Å². The molecule has 0 saturated heterocycles. The molecule has 0 saturated carbocycles. The van der Waals surface area contributed by atoms with Gasteiger partial charge < -0.3 is 5.73 Å². The van der Waals surface area contributed by atoms with Gasteiger partial charge in [0.25, 0.3) is 0 Å². The highest BCUT2D eigenvalue weighted by atomic mass is 14.6. The molecule has 0 fully saturated rings. The maximum Gasteiger partial charge on any atom is 0.0300 e. The van der Waals surface area contributed by atoms with Crippen LogP contribution in [0.3, 0.4) is 0 Å². The molecule has 0 heterocycles. The molecule has 0 aromatic heterocycles. The molecule has 1 heteroatoms. The molecule has 0 amide bonds. The normalized spacial score (nSPS) is 19.2. The third-order valence-electron chi connectivity index (χ3n) is 3.46. The SMILES string of the molecule is CCCCCc1cccc2c1CCC2N. The van der Waals surface area contributed by atoms with E-state index in [1.807, 2.05) is 0 Å². The van der Waals surface area contributed by atoms with Crippen molar-refractivity contribution in [3.8, 4) is 0 Å². The van der Waals surface area contributed by atoms with Crippen molar-refractivity contribution in [3.63, 3.8) is 0 Å². The highest BCUT2D eigenvalue weighted by Gasteiger charge is 2.20. The minimum Gasteiger partial charge on any atom is -0.324 e. The smallest absolute Gasteiger partial charge is 0.0300 e. The van der Waals surface area contributed by atoms with Gasteiger partial charge in [0.15, 0.2) is 0 Å². The molecule has 2 N–H and O–H groups in total. The molecule has 1 aromatic rings. The molecule has 1 atom stereocenters. The van der Waals surface area contributed by atoms with Crippen molar-refractivity contribution in [2.45, 2.75) is 51.5 Å². The van der Waals surface area contributed by atoms with Crippen LogP contribution in [-0.4, -0.2) is 0 Å². The number of nitrogens with two attached hydrogens (primary N) is 1. The second-order valence-corrected chi connectivity index (χ2v) is 4.59. The van der Waals surface area contributed by atoms with E-state index in [1.54, 1.807) is 11.1 Å². The Morgan fingerprint density at radius 1 is 1.33 bits per heavy atom. The lowest BCUT2D eigenvalue weighted by molar-refractivity contribution is 0.707. The van der Waals surface area contributed by atoms with Crippen LogP contribution in [0.4, 0.5) is 0 Å². The zero-order valence-electron chi connectivity index (χ0n) is 9.63. The predicted octanol–water partition coefficient (Wildman–Crippen LogP) is 3.37. The second kappa shape index (κ2) is 4.80. The van der Waals surface area contributed by atoms with Crippen LogP contribution < -0.4 is 5.73 Å². The minimum atomic E-state index is 0.297. The fourth-order valence-corrected chi connectivity index (χ4v) is 2.56. The Bertz CT molecular complexity index is 330. The fourth-order valence-electron chi connectivity index (χ4n) is 2.56. The summed E-state index contributed by atoms with van der Waals surface area (Å²) in [4.78, 5) is 0. The topological polar surface area (TPSA) is 26.0 Å². The van der Waals surface area contributed by atoms with Crippen LogP contribution in [0, 0.1) is 0 Å². The summed E-state index contributed by atoms with van der Waals surface area (Å²) in [6.07, 6.45) is 7.54. The van der Waals surface area contributed by atoms with Crippen LogP contribution in [0.2, 0.25) is 0 Å². The Hall–Kier alpha value is -0.820. The van der Waals surface area contributed by atoms with Crippen molar-refractivity contribution < 1.29 is 0 Å². The van der Waals surface area contributed by atoms with Gasteiger partial charge in [0.1, 0.15) is 0 Å². The van der Waals surface area contributed by atoms with Crippen LogP contribution in [0.5, 0.6) is 0 Å². The Labute approximate surface area is 92.7 Å². The maximum absolute atomic E-state index is 6.07. The van der Waals surface area contributed by atoms with Gasteiger partial charge in [-0.2, -0.15) is 0 Å². The van der Waals surface area contributed by atoms with Gasteiger partial charge in [-0.15, -0.1) is 0 Å². The van der Waals surface area contributed by atoms with Gasteiger partial charge >= 0.3 is 0 Å². The van der Waals surface area contributed by atoms with Crippen molar-refractivity contribution in [1.82, 2.24) is 0 Å². The molecule has 2 rings (SSSR count). The zero-order valence-corrected chi connectivity index (χ0v) is 9.63. The minimum absolute atomic E-state index is 0.297. The number of hydrogen-bond donors (Lipinski definition) is 1. The van der Waals surface area contributed by atoms with Crippen molar-refractivity contribution in [3.05, 3.63) is 34.9 Å². The lowest BCUT2D eigenvalue weighted by Crippen LogP contribution is -2.05. The van der Waals surface area contributed by atoms with Crippen LogP contribution in [0.25, 0.3) is 0 Å². The first-order valence-corrected chi connectivity index (χ1v) is 6.19. The molecule has 0 bridgehead atoms. The van der Waals surface area contributed by atoms with Crippen LogP contribution >= 0.6 is 0 Å². The van der Waals surface area contributed by atoms with E-state index in [2.05, 4.69) is 25.1 Å². The van der Waals surface area contributed by atoms with E-state index >= 15 is 0 Å². The highest BCUT2D eigenvalue weighted by molar-refractivity contribution is 5.40. The van der Waals surface area contributed by atoms with E-state index in [0.717, 1.165) is 6.42 Å². The second-order valence-electron chi connectivity index (χ2n) is 4.59. The zero-order chi connectivity index (χ0) is 10.7. The maximum atomic E-state index is 6.07. The first-order valence-electron chi connectivity index (χ1n) is 6.19. The molecule has 1 unspecified atom stereocenters. The third-order valence-corrected chi connectivity index (χ3v) is 3.46. The summed E-state index contributed by atoms with van der Waals surface area (Å²) in [6, 6.07) is 6.96. The number of fused-ring (bicyclic) bond motifs is 1. The molecule has 0 aliphatic heterocycles. The average molecular weight is 203 g/mol. The summed E-state index contributed by atoms with van der Waals surface area (Å²) in [5, 5.41) is 0. The summed E-state index contributed by atoms with van der Waals surface area (Å²) in [7, 11) is 0. The van der Waals surface area contributed by atoms with Crippen LogP contribution in [0.1, 0.15) is 55.3 Å². The molecular weight excluding hydrogens is 182 g/mol. The highest BCUT2D eigenvalue weighted by Crippen LogP contribution is 2.32. The fraction of sp³-hybridized carbons (Fsp3) is 0.571. The molecule has 1 nitrogen and oxygen atoms in total. The van der Waals surface area contributed by atoms with Gasteiger partial charge in [-0.3, -0.25) is 0 Å². The summed E-state index contributed by atoms with van der Waals surface area (Å²) >= 11 is 0. The summed E-state index contributed by atoms with van der Waals surface area (Å²) < 4.78 is 0. The van der Waals surface area contributed by atoms with Gasteiger partial charge in [-0.1, -0.05) is 38.0 Å². The number of aryl methyl sites for hydroxylation is 1. The van der Waals surface area contributed by atoms with Crippen molar-refractivity contribution in [2.75, 3.05) is 0 Å². The van der Waals surface area contributed by atoms with Gasteiger partial charge in [0.05, 0.1) is 0 Å². The van der Waals surface area contributed by atoms with Crippen LogP contribution in [-0.2, 0) is 12.8 Å². The van der Waals surface area contributed by atoms with Gasteiger partial charge in [0, 0.05) is 6.04 Å². The summed E-state index contributed by atoms with van der Waals surface area (Å²) in [5.74, 6) is 0. The largest absolute Gasteiger partial charge is 0.324 e. The predicted molar refractivity (Wildman–Crippen MR) is 64.9 cm³/mol. The Morgan fingerprint density at radius 2 is 2.20 bits per heavy atom.